The van der Waals surface area contributed by atoms with Crippen molar-refractivity contribution in [2.24, 2.45) is 0 Å². The first-order chi connectivity index (χ1) is 10.8. The Labute approximate surface area is 138 Å². The summed E-state index contributed by atoms with van der Waals surface area (Å²) in [6.45, 7) is 2.17. The van der Waals surface area contributed by atoms with Crippen molar-refractivity contribution in [3.63, 3.8) is 0 Å². The lowest BCUT2D eigenvalue weighted by atomic mass is 10.1. The third-order valence-corrected chi connectivity index (χ3v) is 3.29. The largest absolute Gasteiger partial charge is 0.289 e. The molecule has 2 heteroatoms. The monoisotopic (exact) mass is 314 g/mol. The molecule has 0 saturated carbocycles. The summed E-state index contributed by atoms with van der Waals surface area (Å²) in [4.78, 5) is 11.7. The molecule has 0 spiro atoms. The highest BCUT2D eigenvalue weighted by atomic mass is 35.5. The van der Waals surface area contributed by atoms with Crippen LogP contribution in [0.4, 0.5) is 0 Å². The standard InChI is InChI=1S/C15H12O.C5H11Cl/c16-15(14-9-5-2-6-10-14)12-11-13-7-3-1-4-8-13;1-2-3-4-5-6/h1-12H;2-5H2,1H3/b12-11+;. The van der Waals surface area contributed by atoms with E-state index in [1.165, 1.54) is 19.3 Å². The summed E-state index contributed by atoms with van der Waals surface area (Å²) < 4.78 is 0. The maximum atomic E-state index is 11.7. The Kier molecular flexibility index (Phi) is 9.73. The van der Waals surface area contributed by atoms with Crippen LogP contribution in [0.15, 0.2) is 66.7 Å². The topological polar surface area (TPSA) is 17.1 Å². The van der Waals surface area contributed by atoms with Crippen molar-refractivity contribution >= 4 is 23.5 Å². The molecule has 0 fully saturated rings. The maximum absolute atomic E-state index is 11.7. The second kappa shape index (κ2) is 11.8. The number of benzene rings is 2. The Bertz CT molecular complexity index is 542. The first kappa shape index (κ1) is 18.2. The zero-order valence-electron chi connectivity index (χ0n) is 13.0. The summed E-state index contributed by atoms with van der Waals surface area (Å²) in [5.74, 6) is 0.859. The molecule has 0 N–H and O–H groups in total. The molecule has 0 unspecified atom stereocenters. The van der Waals surface area contributed by atoms with Gasteiger partial charge in [0, 0.05) is 11.4 Å². The van der Waals surface area contributed by atoms with Crippen molar-refractivity contribution in [1.29, 1.82) is 0 Å². The average Bonchev–Trinajstić information content (AvgIpc) is 2.60. The van der Waals surface area contributed by atoms with E-state index in [0.29, 0.717) is 0 Å². The van der Waals surface area contributed by atoms with Crippen molar-refractivity contribution in [1.82, 2.24) is 0 Å². The molecular weight excluding hydrogens is 292 g/mol. The molecule has 0 aromatic heterocycles. The maximum Gasteiger partial charge on any atom is 0.185 e. The molecule has 116 valence electrons. The second-order valence-electron chi connectivity index (χ2n) is 4.87. The van der Waals surface area contributed by atoms with Crippen LogP contribution in [0.5, 0.6) is 0 Å². The lowest BCUT2D eigenvalue weighted by Crippen LogP contribution is -1.92. The van der Waals surface area contributed by atoms with Gasteiger partial charge in [0.2, 0.25) is 0 Å². The molecule has 2 aromatic carbocycles. The minimum atomic E-state index is 0.0319. The van der Waals surface area contributed by atoms with E-state index >= 15 is 0 Å². The predicted octanol–water partition coefficient (Wildman–Crippen LogP) is 6.00. The Balaban J connectivity index is 0.000000346. The van der Waals surface area contributed by atoms with Crippen LogP contribution >= 0.6 is 11.6 Å². The molecule has 0 saturated heterocycles. The van der Waals surface area contributed by atoms with Gasteiger partial charge in [-0.1, -0.05) is 86.5 Å². The molecule has 2 aromatic rings. The summed E-state index contributed by atoms with van der Waals surface area (Å²) >= 11 is 5.38. The second-order valence-corrected chi connectivity index (χ2v) is 5.25. The van der Waals surface area contributed by atoms with Gasteiger partial charge < -0.3 is 0 Å². The summed E-state index contributed by atoms with van der Waals surface area (Å²) in [6.07, 6.45) is 7.16. The number of ketones is 1. The minimum Gasteiger partial charge on any atom is -0.289 e. The van der Waals surface area contributed by atoms with Crippen molar-refractivity contribution < 1.29 is 4.79 Å². The predicted molar refractivity (Wildman–Crippen MR) is 96.5 cm³/mol. The lowest BCUT2D eigenvalue weighted by molar-refractivity contribution is 0.104. The molecule has 0 aliphatic heterocycles. The fraction of sp³-hybridized carbons (Fsp3) is 0.250. The van der Waals surface area contributed by atoms with Gasteiger partial charge in [0.25, 0.3) is 0 Å². The van der Waals surface area contributed by atoms with Crippen LogP contribution in [0.1, 0.15) is 42.1 Å². The molecule has 0 aliphatic rings. The average molecular weight is 315 g/mol. The van der Waals surface area contributed by atoms with E-state index in [0.717, 1.165) is 17.0 Å². The van der Waals surface area contributed by atoms with Crippen LogP contribution in [-0.2, 0) is 0 Å². The van der Waals surface area contributed by atoms with E-state index in [9.17, 15) is 4.79 Å². The summed E-state index contributed by atoms with van der Waals surface area (Å²) in [5.41, 5.74) is 1.75. The van der Waals surface area contributed by atoms with E-state index < -0.39 is 0 Å². The summed E-state index contributed by atoms with van der Waals surface area (Å²) in [6, 6.07) is 19.1. The zero-order valence-corrected chi connectivity index (χ0v) is 13.8. The molecule has 0 atom stereocenters. The highest BCUT2D eigenvalue weighted by Gasteiger charge is 1.98. The number of allylic oxidation sites excluding steroid dienone is 1. The van der Waals surface area contributed by atoms with E-state index in [1.54, 1.807) is 6.08 Å². The first-order valence-electron chi connectivity index (χ1n) is 7.66. The summed E-state index contributed by atoms with van der Waals surface area (Å²) in [7, 11) is 0. The fourth-order valence-electron chi connectivity index (χ4n) is 1.78. The van der Waals surface area contributed by atoms with Crippen molar-refractivity contribution in [3.8, 4) is 0 Å². The third kappa shape index (κ3) is 7.80. The number of hydrogen-bond acceptors (Lipinski definition) is 1. The number of carbonyl (C=O) groups is 1. The highest BCUT2D eigenvalue weighted by Crippen LogP contribution is 2.05. The van der Waals surface area contributed by atoms with Gasteiger partial charge in [0.05, 0.1) is 0 Å². The SMILES string of the molecule is CCCCCCl.O=C(/C=C/c1ccccc1)c1ccccc1. The van der Waals surface area contributed by atoms with Crippen LogP contribution in [-0.4, -0.2) is 11.7 Å². The Hall–Kier alpha value is -1.86. The van der Waals surface area contributed by atoms with Crippen molar-refractivity contribution in [2.45, 2.75) is 26.2 Å². The van der Waals surface area contributed by atoms with E-state index in [1.807, 2.05) is 66.7 Å². The molecule has 0 amide bonds. The highest BCUT2D eigenvalue weighted by molar-refractivity contribution is 6.17. The van der Waals surface area contributed by atoms with Crippen molar-refractivity contribution in [3.05, 3.63) is 77.9 Å². The quantitative estimate of drug-likeness (QED) is 0.277. The number of carbonyl (C=O) groups excluding carboxylic acids is 1. The van der Waals surface area contributed by atoms with Gasteiger partial charge in [0.15, 0.2) is 5.78 Å². The summed E-state index contributed by atoms with van der Waals surface area (Å²) in [5, 5.41) is 0. The molecule has 0 radical (unpaired) electrons. The van der Waals surface area contributed by atoms with Gasteiger partial charge in [0.1, 0.15) is 0 Å². The molecule has 22 heavy (non-hydrogen) atoms. The number of rotatable bonds is 6. The fourth-order valence-corrected chi connectivity index (χ4v) is 1.97. The van der Waals surface area contributed by atoms with Crippen LogP contribution in [0, 0.1) is 0 Å². The smallest absolute Gasteiger partial charge is 0.185 e. The van der Waals surface area contributed by atoms with E-state index in [4.69, 9.17) is 11.6 Å². The Morgan fingerprint density at radius 3 is 2.05 bits per heavy atom. The zero-order chi connectivity index (χ0) is 16.0. The van der Waals surface area contributed by atoms with E-state index in [2.05, 4.69) is 6.92 Å². The lowest BCUT2D eigenvalue weighted by Gasteiger charge is -1.94. The van der Waals surface area contributed by atoms with Crippen LogP contribution in [0.3, 0.4) is 0 Å². The number of halogens is 1. The van der Waals surface area contributed by atoms with Gasteiger partial charge in [-0.2, -0.15) is 0 Å². The minimum absolute atomic E-state index is 0.0319. The third-order valence-electron chi connectivity index (χ3n) is 3.02. The Morgan fingerprint density at radius 1 is 0.955 bits per heavy atom. The van der Waals surface area contributed by atoms with Crippen molar-refractivity contribution in [2.75, 3.05) is 5.88 Å². The molecule has 0 aliphatic carbocycles. The molecule has 1 nitrogen and oxygen atoms in total. The number of hydrogen-bond donors (Lipinski definition) is 0. The van der Waals surface area contributed by atoms with Gasteiger partial charge >= 0.3 is 0 Å². The van der Waals surface area contributed by atoms with Gasteiger partial charge in [-0.25, -0.2) is 0 Å². The molecular formula is C20H23ClO. The molecule has 0 bridgehead atoms. The van der Waals surface area contributed by atoms with Crippen LogP contribution in [0.2, 0.25) is 0 Å². The number of unbranched alkanes of at least 4 members (excludes halogenated alkanes) is 2. The van der Waals surface area contributed by atoms with Crippen LogP contribution in [0.25, 0.3) is 6.08 Å². The molecule has 0 heterocycles. The van der Waals surface area contributed by atoms with Gasteiger partial charge in [-0.3, -0.25) is 4.79 Å². The Morgan fingerprint density at radius 2 is 1.55 bits per heavy atom. The van der Waals surface area contributed by atoms with E-state index in [-0.39, 0.29) is 5.78 Å². The van der Waals surface area contributed by atoms with Gasteiger partial charge in [-0.05, 0) is 18.1 Å². The molecule has 2 rings (SSSR count). The van der Waals surface area contributed by atoms with Crippen LogP contribution < -0.4 is 0 Å². The first-order valence-corrected chi connectivity index (χ1v) is 8.20. The van der Waals surface area contributed by atoms with Gasteiger partial charge in [-0.15, -0.1) is 11.6 Å². The normalized spacial score (nSPS) is 10.1. The number of alkyl halides is 1.